The van der Waals surface area contributed by atoms with Crippen molar-refractivity contribution in [1.82, 2.24) is 0 Å². The second-order valence-electron chi connectivity index (χ2n) is 2.00. The molecule has 1 aromatic rings. The first kappa shape index (κ1) is 9.47. The third-order valence-electron chi connectivity index (χ3n) is 1.14. The fourth-order valence-corrected chi connectivity index (χ4v) is 1.50. The van der Waals surface area contributed by atoms with Crippen molar-refractivity contribution in [2.45, 2.75) is 4.84 Å². The zero-order valence-corrected chi connectivity index (χ0v) is 8.34. The van der Waals surface area contributed by atoms with Crippen molar-refractivity contribution in [3.8, 4) is 0 Å². The summed E-state index contributed by atoms with van der Waals surface area (Å²) in [6, 6.07) is 4.99. The van der Waals surface area contributed by atoms with Crippen LogP contribution in [0.4, 0.5) is 0 Å². The van der Waals surface area contributed by atoms with Gasteiger partial charge in [0.1, 0.15) is 4.84 Å². The van der Waals surface area contributed by atoms with E-state index in [9.17, 15) is 0 Å². The molecule has 60 valence electrons. The van der Waals surface area contributed by atoms with Crippen molar-refractivity contribution in [2.75, 3.05) is 0 Å². The van der Waals surface area contributed by atoms with Crippen molar-refractivity contribution < 1.29 is 0 Å². The highest BCUT2D eigenvalue weighted by Crippen LogP contribution is 2.29. The van der Waals surface area contributed by atoms with Crippen LogP contribution in [0.3, 0.4) is 0 Å². The lowest BCUT2D eigenvalue weighted by atomic mass is 10.2. The molecule has 11 heavy (non-hydrogen) atoms. The summed E-state index contributed by atoms with van der Waals surface area (Å²) in [5.41, 5.74) is 0.714. The first-order valence-electron chi connectivity index (χ1n) is 2.84. The Morgan fingerprint density at radius 2 is 1.36 bits per heavy atom. The van der Waals surface area contributed by atoms with Crippen LogP contribution in [-0.2, 0) is 0 Å². The van der Waals surface area contributed by atoms with E-state index < -0.39 is 4.84 Å². The Balaban J connectivity index is 3.08. The van der Waals surface area contributed by atoms with Gasteiger partial charge in [0.15, 0.2) is 0 Å². The van der Waals surface area contributed by atoms with Crippen LogP contribution >= 0.6 is 46.4 Å². The second kappa shape index (κ2) is 3.86. The molecule has 0 aliphatic rings. The second-order valence-corrected chi connectivity index (χ2v) is 3.97. The van der Waals surface area contributed by atoms with E-state index in [1.165, 1.54) is 0 Å². The van der Waals surface area contributed by atoms with E-state index in [1.54, 1.807) is 18.2 Å². The van der Waals surface area contributed by atoms with Gasteiger partial charge in [0, 0.05) is 10.0 Å². The standard InChI is InChI=1S/C7H4Cl4/c8-5-1-4(7(10)11)2-6(9)3-5/h1-3,7H. The highest BCUT2D eigenvalue weighted by Gasteiger charge is 2.04. The van der Waals surface area contributed by atoms with E-state index in [4.69, 9.17) is 46.4 Å². The van der Waals surface area contributed by atoms with Crippen LogP contribution in [0.25, 0.3) is 0 Å². The van der Waals surface area contributed by atoms with Crippen LogP contribution in [0.15, 0.2) is 18.2 Å². The third-order valence-corrected chi connectivity index (χ3v) is 2.08. The Morgan fingerprint density at radius 1 is 0.909 bits per heavy atom. The Kier molecular flexibility index (Phi) is 3.32. The summed E-state index contributed by atoms with van der Waals surface area (Å²) in [7, 11) is 0. The van der Waals surface area contributed by atoms with E-state index >= 15 is 0 Å². The molecule has 1 aromatic carbocycles. The van der Waals surface area contributed by atoms with Crippen molar-refractivity contribution in [2.24, 2.45) is 0 Å². The van der Waals surface area contributed by atoms with Gasteiger partial charge in [-0.1, -0.05) is 23.2 Å². The lowest BCUT2D eigenvalue weighted by Gasteiger charge is -2.01. The average molecular weight is 230 g/mol. The minimum atomic E-state index is -0.578. The van der Waals surface area contributed by atoms with Gasteiger partial charge in [-0.2, -0.15) is 0 Å². The van der Waals surface area contributed by atoms with Gasteiger partial charge in [-0.05, 0) is 23.8 Å². The normalized spacial score (nSPS) is 10.6. The average Bonchev–Trinajstić information content (AvgIpc) is 1.85. The Morgan fingerprint density at radius 3 is 1.73 bits per heavy atom. The molecule has 0 heterocycles. The van der Waals surface area contributed by atoms with Crippen molar-refractivity contribution >= 4 is 46.4 Å². The molecule has 0 unspecified atom stereocenters. The van der Waals surface area contributed by atoms with Gasteiger partial charge >= 0.3 is 0 Å². The maximum absolute atomic E-state index is 5.69. The summed E-state index contributed by atoms with van der Waals surface area (Å²) in [5, 5.41) is 1.08. The molecule has 4 heteroatoms. The SMILES string of the molecule is Clc1cc(Cl)cc(C(Cl)Cl)c1. The molecule has 0 aliphatic carbocycles. The predicted octanol–water partition coefficient (Wildman–Crippen LogP) is 4.47. The minimum Gasteiger partial charge on any atom is -0.100 e. The van der Waals surface area contributed by atoms with E-state index in [-0.39, 0.29) is 0 Å². The van der Waals surface area contributed by atoms with Crippen molar-refractivity contribution in [3.63, 3.8) is 0 Å². The zero-order valence-electron chi connectivity index (χ0n) is 5.32. The quantitative estimate of drug-likeness (QED) is 0.624. The van der Waals surface area contributed by atoms with Gasteiger partial charge in [0.05, 0.1) is 0 Å². The first-order chi connectivity index (χ1) is 5.09. The molecule has 0 atom stereocenters. The smallest absolute Gasteiger partial charge is 0.100 e. The Bertz CT molecular complexity index is 236. The van der Waals surface area contributed by atoms with Crippen molar-refractivity contribution in [3.05, 3.63) is 33.8 Å². The number of halogens is 4. The summed E-state index contributed by atoms with van der Waals surface area (Å²) in [5.74, 6) is 0. The topological polar surface area (TPSA) is 0 Å². The van der Waals surface area contributed by atoms with Crippen LogP contribution in [0.2, 0.25) is 10.0 Å². The van der Waals surface area contributed by atoms with Gasteiger partial charge in [-0.15, -0.1) is 23.2 Å². The first-order valence-corrected chi connectivity index (χ1v) is 4.46. The van der Waals surface area contributed by atoms with Crippen LogP contribution < -0.4 is 0 Å². The van der Waals surface area contributed by atoms with Crippen LogP contribution in [0.5, 0.6) is 0 Å². The summed E-state index contributed by atoms with van der Waals surface area (Å²) in [4.78, 5) is -0.578. The lowest BCUT2D eigenvalue weighted by Crippen LogP contribution is -1.80. The predicted molar refractivity (Wildman–Crippen MR) is 50.9 cm³/mol. The maximum atomic E-state index is 5.69. The molecule has 0 saturated heterocycles. The molecular weight excluding hydrogens is 226 g/mol. The van der Waals surface area contributed by atoms with Gasteiger partial charge in [0.2, 0.25) is 0 Å². The highest BCUT2D eigenvalue weighted by molar-refractivity contribution is 6.44. The molecule has 0 N–H and O–H groups in total. The molecule has 0 saturated carbocycles. The van der Waals surface area contributed by atoms with Gasteiger partial charge in [-0.3, -0.25) is 0 Å². The minimum absolute atomic E-state index is 0.541. The fraction of sp³-hybridized carbons (Fsp3) is 0.143. The van der Waals surface area contributed by atoms with E-state index in [2.05, 4.69) is 0 Å². The molecule has 0 nitrogen and oxygen atoms in total. The molecule has 1 rings (SSSR count). The van der Waals surface area contributed by atoms with Crippen LogP contribution in [0, 0.1) is 0 Å². The third kappa shape index (κ3) is 2.72. The molecule has 0 fully saturated rings. The van der Waals surface area contributed by atoms with Crippen LogP contribution in [-0.4, -0.2) is 0 Å². The van der Waals surface area contributed by atoms with Gasteiger partial charge in [0.25, 0.3) is 0 Å². The number of hydrogen-bond acceptors (Lipinski definition) is 0. The zero-order chi connectivity index (χ0) is 8.43. The van der Waals surface area contributed by atoms with Gasteiger partial charge in [-0.25, -0.2) is 0 Å². The molecule has 0 radical (unpaired) electrons. The van der Waals surface area contributed by atoms with E-state index in [1.807, 2.05) is 0 Å². The monoisotopic (exact) mass is 228 g/mol. The maximum Gasteiger partial charge on any atom is 0.132 e. The Hall–Kier alpha value is 0.380. The molecule has 0 spiro atoms. The molecular formula is C7H4Cl4. The fourth-order valence-electron chi connectivity index (χ4n) is 0.701. The van der Waals surface area contributed by atoms with E-state index in [0.717, 1.165) is 0 Å². The largest absolute Gasteiger partial charge is 0.132 e. The molecule has 0 aliphatic heterocycles. The van der Waals surface area contributed by atoms with E-state index in [0.29, 0.717) is 15.6 Å². The number of alkyl halides is 2. The van der Waals surface area contributed by atoms with Crippen molar-refractivity contribution in [1.29, 1.82) is 0 Å². The van der Waals surface area contributed by atoms with Gasteiger partial charge < -0.3 is 0 Å². The number of hydrogen-bond donors (Lipinski definition) is 0. The molecule has 0 bridgehead atoms. The Labute approximate surface area is 85.0 Å². The summed E-state index contributed by atoms with van der Waals surface area (Å²) in [6.45, 7) is 0. The van der Waals surface area contributed by atoms with Crippen LogP contribution in [0.1, 0.15) is 10.4 Å². The lowest BCUT2D eigenvalue weighted by molar-refractivity contribution is 1.35. The summed E-state index contributed by atoms with van der Waals surface area (Å²) in [6.07, 6.45) is 0. The highest BCUT2D eigenvalue weighted by atomic mass is 35.5. The number of benzene rings is 1. The molecule has 0 aromatic heterocycles. The summed E-state index contributed by atoms with van der Waals surface area (Å²) < 4.78 is 0. The summed E-state index contributed by atoms with van der Waals surface area (Å²) >= 11 is 22.6. The number of rotatable bonds is 1. The molecule has 0 amide bonds.